The van der Waals surface area contributed by atoms with Crippen molar-refractivity contribution < 1.29 is 8.78 Å². The van der Waals surface area contributed by atoms with Crippen LogP contribution < -0.4 is 9.80 Å². The Balaban J connectivity index is 0.000000173. The molecular weight excluding hydrogens is 779 g/mol. The molecule has 0 N–H and O–H groups in total. The largest absolute Gasteiger partial charge is 0.369 e. The summed E-state index contributed by atoms with van der Waals surface area (Å²) in [6.07, 6.45) is 14.0. The highest BCUT2D eigenvalue weighted by molar-refractivity contribution is 5.86. The average molecular weight is 823 g/mol. The van der Waals surface area contributed by atoms with Gasteiger partial charge in [0, 0.05) is 112 Å². The van der Waals surface area contributed by atoms with Crippen LogP contribution in [-0.2, 0) is 25.3 Å². The van der Waals surface area contributed by atoms with Crippen molar-refractivity contribution in [3.8, 4) is 34.5 Å². The third-order valence-electron chi connectivity index (χ3n) is 11.3. The monoisotopic (exact) mass is 822 g/mol. The van der Waals surface area contributed by atoms with E-state index in [4.69, 9.17) is 0 Å². The lowest BCUT2D eigenvalue weighted by Gasteiger charge is -2.37. The van der Waals surface area contributed by atoms with Gasteiger partial charge in [-0.2, -0.15) is 20.0 Å². The van der Waals surface area contributed by atoms with Gasteiger partial charge in [-0.3, -0.25) is 9.67 Å². The number of rotatable bonds is 6. The zero-order valence-corrected chi connectivity index (χ0v) is 34.6. The molecule has 61 heavy (non-hydrogen) atoms. The lowest BCUT2D eigenvalue weighted by molar-refractivity contribution is 0.109. The van der Waals surface area contributed by atoms with Gasteiger partial charge in [-0.25, -0.2) is 19.3 Å². The number of aromatic nitrogens is 12. The number of fused-ring (bicyclic) bond motifs is 1. The van der Waals surface area contributed by atoms with E-state index >= 15 is 4.39 Å². The fourth-order valence-electron chi connectivity index (χ4n) is 8.11. The lowest BCUT2D eigenvalue weighted by Crippen LogP contribution is -2.42. The lowest BCUT2D eigenvalue weighted by atomic mass is 9.91. The van der Waals surface area contributed by atoms with Gasteiger partial charge in [-0.05, 0) is 63.9 Å². The van der Waals surface area contributed by atoms with Crippen LogP contribution in [0.2, 0.25) is 0 Å². The summed E-state index contributed by atoms with van der Waals surface area (Å²) in [6, 6.07) is 13.0. The van der Waals surface area contributed by atoms with Gasteiger partial charge in [0.2, 0.25) is 5.95 Å². The van der Waals surface area contributed by atoms with Crippen LogP contribution in [0, 0.1) is 28.6 Å². The fraction of sp³-hybridized carbons (Fsp3) is 0.372. The molecule has 2 fully saturated rings. The Morgan fingerprint density at radius 1 is 0.787 bits per heavy atom. The van der Waals surface area contributed by atoms with E-state index in [0.717, 1.165) is 59.5 Å². The van der Waals surface area contributed by atoms with E-state index in [1.165, 1.54) is 18.6 Å². The van der Waals surface area contributed by atoms with Crippen LogP contribution in [0.3, 0.4) is 0 Å². The van der Waals surface area contributed by atoms with Crippen molar-refractivity contribution in [1.82, 2.24) is 59.2 Å². The van der Waals surface area contributed by atoms with Crippen LogP contribution in [0.5, 0.6) is 0 Å². The maximum absolute atomic E-state index is 15.7. The predicted octanol–water partition coefficient (Wildman–Crippen LogP) is 6.38. The highest BCUT2D eigenvalue weighted by Gasteiger charge is 2.41. The van der Waals surface area contributed by atoms with Gasteiger partial charge in [-0.15, -0.1) is 20.4 Å². The molecule has 0 unspecified atom stereocenters. The molecule has 0 radical (unpaired) electrons. The molecule has 16 nitrogen and oxygen atoms in total. The molecule has 0 amide bonds. The fourth-order valence-corrected chi connectivity index (χ4v) is 8.11. The number of alkyl halides is 1. The minimum Gasteiger partial charge on any atom is -0.369 e. The maximum atomic E-state index is 15.7. The summed E-state index contributed by atoms with van der Waals surface area (Å²) >= 11 is 0. The van der Waals surface area contributed by atoms with Gasteiger partial charge >= 0.3 is 0 Å². The maximum Gasteiger partial charge on any atom is 0.212 e. The van der Waals surface area contributed by atoms with Gasteiger partial charge in [0.05, 0.1) is 28.2 Å². The Labute approximate surface area is 351 Å². The van der Waals surface area contributed by atoms with Crippen LogP contribution >= 0.6 is 0 Å². The highest BCUT2D eigenvalue weighted by atomic mass is 19.1. The minimum absolute atomic E-state index is 0.166. The second kappa shape index (κ2) is 16.4. The number of aryl methyl sites for hydroxylation is 2. The summed E-state index contributed by atoms with van der Waals surface area (Å²) in [5.74, 6) is 1.14. The molecule has 9 heterocycles. The Morgan fingerprint density at radius 3 is 2.13 bits per heavy atom. The summed E-state index contributed by atoms with van der Waals surface area (Å²) in [5, 5.41) is 40.9. The first-order chi connectivity index (χ1) is 29.4. The first kappa shape index (κ1) is 40.6. The number of hydrogen-bond donors (Lipinski definition) is 0. The number of pyridine rings is 4. The second-order valence-corrected chi connectivity index (χ2v) is 16.4. The van der Waals surface area contributed by atoms with E-state index in [2.05, 4.69) is 83.2 Å². The SMILES string of the molecule is Cn1cnnc1C1(F)CCN(c2c(C#N)ccnc2-c2cnc3nn(C(C)(C)C)cc3c2)CC1.Cn1cnnc1C1CCN(c2c(-c3ccc(F)nc3)ccnc2C#N)CC1. The molecule has 0 aromatic carbocycles. The molecule has 9 rings (SSSR count). The summed E-state index contributed by atoms with van der Waals surface area (Å²) in [7, 11) is 3.71. The molecule has 0 spiro atoms. The van der Waals surface area contributed by atoms with Crippen molar-refractivity contribution >= 4 is 22.4 Å². The van der Waals surface area contributed by atoms with Crippen molar-refractivity contribution in [1.29, 1.82) is 10.5 Å². The molecule has 18 heteroatoms. The van der Waals surface area contributed by atoms with Crippen molar-refractivity contribution in [2.75, 3.05) is 36.0 Å². The zero-order chi connectivity index (χ0) is 42.9. The number of hydrogen-bond acceptors (Lipinski definition) is 13. The first-order valence-corrected chi connectivity index (χ1v) is 20.0. The smallest absolute Gasteiger partial charge is 0.212 e. The molecule has 0 bridgehead atoms. The molecule has 0 saturated carbocycles. The van der Waals surface area contributed by atoms with E-state index in [-0.39, 0.29) is 18.4 Å². The highest BCUT2D eigenvalue weighted by Crippen LogP contribution is 2.41. The van der Waals surface area contributed by atoms with Crippen LogP contribution in [0.15, 0.2) is 74.0 Å². The Morgan fingerprint density at radius 2 is 1.49 bits per heavy atom. The molecule has 2 aliphatic rings. The summed E-state index contributed by atoms with van der Waals surface area (Å²) in [6.45, 7) is 8.65. The van der Waals surface area contributed by atoms with Crippen molar-refractivity contribution in [3.63, 3.8) is 0 Å². The Hall–Kier alpha value is -7.21. The molecule has 7 aromatic rings. The van der Waals surface area contributed by atoms with Crippen LogP contribution in [-0.4, -0.2) is 85.4 Å². The summed E-state index contributed by atoms with van der Waals surface area (Å²) < 4.78 is 34.4. The van der Waals surface area contributed by atoms with Crippen LogP contribution in [0.1, 0.15) is 75.3 Å². The minimum atomic E-state index is -1.56. The zero-order valence-electron chi connectivity index (χ0n) is 34.6. The Bertz CT molecular complexity index is 2750. The topological polar surface area (TPSA) is 185 Å². The van der Waals surface area contributed by atoms with E-state index in [9.17, 15) is 14.9 Å². The summed E-state index contributed by atoms with van der Waals surface area (Å²) in [5.41, 5.74) is 4.33. The average Bonchev–Trinajstić information content (AvgIpc) is 4.04. The Kier molecular flexibility index (Phi) is 10.9. The molecule has 2 aliphatic heterocycles. The van der Waals surface area contributed by atoms with E-state index < -0.39 is 11.6 Å². The molecule has 7 aromatic heterocycles. The number of anilines is 2. The van der Waals surface area contributed by atoms with E-state index in [0.29, 0.717) is 53.1 Å². The number of nitriles is 2. The van der Waals surface area contributed by atoms with Gasteiger partial charge in [0.1, 0.15) is 30.6 Å². The van der Waals surface area contributed by atoms with Crippen LogP contribution in [0.25, 0.3) is 33.4 Å². The van der Waals surface area contributed by atoms with Gasteiger partial charge in [0.15, 0.2) is 22.8 Å². The number of nitrogens with zero attached hydrogens (tertiary/aromatic N) is 16. The molecule has 2 saturated heterocycles. The molecular formula is C43H44F2N16. The van der Waals surface area contributed by atoms with E-state index in [1.54, 1.807) is 48.7 Å². The van der Waals surface area contributed by atoms with Gasteiger partial charge in [0.25, 0.3) is 0 Å². The van der Waals surface area contributed by atoms with Crippen LogP contribution in [0.4, 0.5) is 20.2 Å². The molecule has 0 atom stereocenters. The number of halogens is 2. The molecule has 0 aliphatic carbocycles. The van der Waals surface area contributed by atoms with Crippen molar-refractivity contribution in [2.24, 2.45) is 14.1 Å². The van der Waals surface area contributed by atoms with Crippen molar-refractivity contribution in [3.05, 3.63) is 103 Å². The van der Waals surface area contributed by atoms with E-state index in [1.807, 2.05) is 39.5 Å². The van der Waals surface area contributed by atoms with Gasteiger partial charge < -0.3 is 18.9 Å². The van der Waals surface area contributed by atoms with Crippen molar-refractivity contribution in [2.45, 2.75) is 63.6 Å². The standard InChI is InChI=1S/C24H26FN9.C19H18FN7/c1-23(2,3)34-14-18-11-17(13-28-21(18)31-34)19-20(16(12-26)5-8-27-19)33-9-6-24(25,7-10-33)22-30-29-15-32(22)4;1-26-12-24-25-19(26)13-5-8-27(9-6-13)18-15(4-7-22-16(18)10-21)14-2-3-17(20)23-11-14/h5,8,11,13-15H,6-7,9-10H2,1-4H3;2-4,7,11-13H,5-6,8-9H2,1H3. The quantitative estimate of drug-likeness (QED) is 0.169. The second-order valence-electron chi connectivity index (χ2n) is 16.4. The molecule has 310 valence electrons. The van der Waals surface area contributed by atoms with Gasteiger partial charge in [-0.1, -0.05) is 0 Å². The third-order valence-corrected chi connectivity index (χ3v) is 11.3. The first-order valence-electron chi connectivity index (χ1n) is 20.0. The normalized spacial score (nSPS) is 15.6. The third kappa shape index (κ3) is 8.08. The summed E-state index contributed by atoms with van der Waals surface area (Å²) in [4.78, 5) is 21.4. The predicted molar refractivity (Wildman–Crippen MR) is 223 cm³/mol. The number of piperidine rings is 2.